The highest BCUT2D eigenvalue weighted by atomic mass is 35.5. The van der Waals surface area contributed by atoms with Crippen molar-refractivity contribution < 1.29 is 9.59 Å². The Morgan fingerprint density at radius 2 is 2.00 bits per heavy atom. The highest BCUT2D eigenvalue weighted by molar-refractivity contribution is 6.31. The van der Waals surface area contributed by atoms with E-state index in [0.717, 1.165) is 5.69 Å². The number of hydrogen-bond donors (Lipinski definition) is 3. The van der Waals surface area contributed by atoms with Gasteiger partial charge in [-0.25, -0.2) is 4.79 Å². The van der Waals surface area contributed by atoms with E-state index in [-0.39, 0.29) is 12.5 Å². The average molecular weight is 325 g/mol. The quantitative estimate of drug-likeness (QED) is 0.750. The molecule has 6 nitrogen and oxygen atoms in total. The highest BCUT2D eigenvalue weighted by Crippen LogP contribution is 2.28. The molecule has 0 aromatic heterocycles. The second-order valence-electron chi connectivity index (χ2n) is 5.61. The van der Waals surface area contributed by atoms with Gasteiger partial charge in [0.05, 0.1) is 17.9 Å². The third-order valence-corrected chi connectivity index (χ3v) is 3.62. The van der Waals surface area contributed by atoms with Crippen LogP contribution in [0.4, 0.5) is 16.2 Å². The molecular weight excluding hydrogens is 304 g/mol. The molecular formula is C15H21ClN4O2. The molecule has 3 amide bonds. The predicted octanol–water partition coefficient (Wildman–Crippen LogP) is 2.05. The van der Waals surface area contributed by atoms with Gasteiger partial charge in [-0.15, -0.1) is 0 Å². The van der Waals surface area contributed by atoms with Crippen molar-refractivity contribution in [3.8, 4) is 0 Å². The van der Waals surface area contributed by atoms with Crippen LogP contribution < -0.4 is 20.9 Å². The van der Waals surface area contributed by atoms with E-state index in [2.05, 4.69) is 16.0 Å². The molecule has 0 unspecified atom stereocenters. The Kier molecular flexibility index (Phi) is 5.49. The SMILES string of the molecule is CN(C)c1ccc(Cl)cc1NC(=O)NCC(=O)NCC1CC1. The first-order valence-electron chi connectivity index (χ1n) is 7.24. The number of anilines is 2. The molecule has 3 N–H and O–H groups in total. The van der Waals surface area contributed by atoms with Crippen LogP contribution in [0.15, 0.2) is 18.2 Å². The van der Waals surface area contributed by atoms with E-state index in [1.807, 2.05) is 25.1 Å². The lowest BCUT2D eigenvalue weighted by Crippen LogP contribution is -2.39. The summed E-state index contributed by atoms with van der Waals surface area (Å²) in [6.07, 6.45) is 2.35. The Morgan fingerprint density at radius 3 is 2.64 bits per heavy atom. The second kappa shape index (κ2) is 7.35. The molecule has 0 aliphatic heterocycles. The van der Waals surface area contributed by atoms with E-state index in [1.165, 1.54) is 12.8 Å². The molecule has 0 heterocycles. The van der Waals surface area contributed by atoms with Gasteiger partial charge in [-0.1, -0.05) is 11.6 Å². The first kappa shape index (κ1) is 16.4. The zero-order valence-electron chi connectivity index (χ0n) is 12.8. The van der Waals surface area contributed by atoms with E-state index >= 15 is 0 Å². The van der Waals surface area contributed by atoms with Gasteiger partial charge in [-0.2, -0.15) is 0 Å². The van der Waals surface area contributed by atoms with Crippen molar-refractivity contribution in [2.45, 2.75) is 12.8 Å². The minimum absolute atomic E-state index is 0.0452. The molecule has 120 valence electrons. The van der Waals surface area contributed by atoms with Gasteiger partial charge in [0.2, 0.25) is 5.91 Å². The number of nitrogens with zero attached hydrogens (tertiary/aromatic N) is 1. The van der Waals surface area contributed by atoms with Gasteiger partial charge in [0.15, 0.2) is 0 Å². The summed E-state index contributed by atoms with van der Waals surface area (Å²) in [7, 11) is 3.75. The van der Waals surface area contributed by atoms with Crippen LogP contribution in [-0.2, 0) is 4.79 Å². The Labute approximate surface area is 135 Å². The number of benzene rings is 1. The van der Waals surface area contributed by atoms with Crippen LogP contribution in [-0.4, -0.2) is 39.1 Å². The van der Waals surface area contributed by atoms with Crippen LogP contribution in [0.3, 0.4) is 0 Å². The largest absolute Gasteiger partial charge is 0.376 e. The topological polar surface area (TPSA) is 73.5 Å². The Hall–Kier alpha value is -1.95. The van der Waals surface area contributed by atoms with Crippen LogP contribution in [0.5, 0.6) is 0 Å². The molecule has 0 radical (unpaired) electrons. The lowest BCUT2D eigenvalue weighted by Gasteiger charge is -2.18. The molecule has 1 aromatic rings. The van der Waals surface area contributed by atoms with Crippen molar-refractivity contribution in [1.29, 1.82) is 0 Å². The number of amides is 3. The average Bonchev–Trinajstić information content (AvgIpc) is 3.27. The molecule has 7 heteroatoms. The van der Waals surface area contributed by atoms with Gasteiger partial charge in [-0.3, -0.25) is 4.79 Å². The lowest BCUT2D eigenvalue weighted by molar-refractivity contribution is -0.120. The molecule has 1 saturated carbocycles. The summed E-state index contributed by atoms with van der Waals surface area (Å²) in [5.74, 6) is 0.438. The zero-order valence-corrected chi connectivity index (χ0v) is 13.5. The van der Waals surface area contributed by atoms with Gasteiger partial charge in [0.25, 0.3) is 0 Å². The third kappa shape index (κ3) is 5.11. The van der Waals surface area contributed by atoms with Crippen molar-refractivity contribution in [3.63, 3.8) is 0 Å². The van der Waals surface area contributed by atoms with Gasteiger partial charge in [-0.05, 0) is 37.0 Å². The normalized spacial score (nSPS) is 13.4. The molecule has 22 heavy (non-hydrogen) atoms. The van der Waals surface area contributed by atoms with Crippen LogP contribution in [0.1, 0.15) is 12.8 Å². The van der Waals surface area contributed by atoms with E-state index in [1.54, 1.807) is 12.1 Å². The number of hydrogen-bond acceptors (Lipinski definition) is 3. The first-order chi connectivity index (χ1) is 10.5. The molecule has 0 saturated heterocycles. The Morgan fingerprint density at radius 1 is 1.27 bits per heavy atom. The highest BCUT2D eigenvalue weighted by Gasteiger charge is 2.21. The molecule has 0 spiro atoms. The van der Waals surface area contributed by atoms with Crippen LogP contribution in [0.25, 0.3) is 0 Å². The fraction of sp³-hybridized carbons (Fsp3) is 0.467. The number of carbonyl (C=O) groups is 2. The van der Waals surface area contributed by atoms with Gasteiger partial charge in [0.1, 0.15) is 0 Å². The number of rotatable bonds is 6. The molecule has 0 atom stereocenters. The summed E-state index contributed by atoms with van der Waals surface area (Å²) in [6.45, 7) is 0.650. The van der Waals surface area contributed by atoms with Crippen LogP contribution in [0, 0.1) is 5.92 Å². The molecule has 1 aromatic carbocycles. The minimum Gasteiger partial charge on any atom is -0.376 e. The number of halogens is 1. The summed E-state index contributed by atoms with van der Waals surface area (Å²) >= 11 is 5.95. The van der Waals surface area contributed by atoms with Gasteiger partial charge >= 0.3 is 6.03 Å². The summed E-state index contributed by atoms with van der Waals surface area (Å²) in [5, 5.41) is 8.57. The monoisotopic (exact) mass is 324 g/mol. The van der Waals surface area contributed by atoms with E-state index in [4.69, 9.17) is 11.6 Å². The lowest BCUT2D eigenvalue weighted by atomic mass is 10.2. The van der Waals surface area contributed by atoms with Crippen molar-refractivity contribution >= 4 is 34.9 Å². The molecule has 2 rings (SSSR count). The summed E-state index contributed by atoms with van der Waals surface area (Å²) in [4.78, 5) is 25.3. The number of nitrogens with one attached hydrogen (secondary N) is 3. The first-order valence-corrected chi connectivity index (χ1v) is 7.62. The Bertz CT molecular complexity index is 558. The standard InChI is InChI=1S/C15H21ClN4O2/c1-20(2)13-6-5-11(16)7-12(13)19-15(22)18-9-14(21)17-8-10-3-4-10/h5-7,10H,3-4,8-9H2,1-2H3,(H,17,21)(H2,18,19,22). The minimum atomic E-state index is -0.438. The van der Waals surface area contributed by atoms with Crippen molar-refractivity contribution in [1.82, 2.24) is 10.6 Å². The van der Waals surface area contributed by atoms with Crippen molar-refractivity contribution in [2.24, 2.45) is 5.92 Å². The van der Waals surface area contributed by atoms with Gasteiger partial charge in [0, 0.05) is 25.7 Å². The van der Waals surface area contributed by atoms with Gasteiger partial charge < -0.3 is 20.9 Å². The number of carbonyl (C=O) groups excluding carboxylic acids is 2. The van der Waals surface area contributed by atoms with Crippen LogP contribution >= 0.6 is 11.6 Å². The zero-order chi connectivity index (χ0) is 16.1. The smallest absolute Gasteiger partial charge is 0.319 e. The van der Waals surface area contributed by atoms with E-state index in [9.17, 15) is 9.59 Å². The number of urea groups is 1. The maximum Gasteiger partial charge on any atom is 0.319 e. The third-order valence-electron chi connectivity index (χ3n) is 3.38. The van der Waals surface area contributed by atoms with Crippen LogP contribution in [0.2, 0.25) is 5.02 Å². The second-order valence-corrected chi connectivity index (χ2v) is 6.05. The van der Waals surface area contributed by atoms with E-state index < -0.39 is 6.03 Å². The van der Waals surface area contributed by atoms with Crippen molar-refractivity contribution in [3.05, 3.63) is 23.2 Å². The summed E-state index contributed by atoms with van der Waals surface area (Å²) in [6, 6.07) is 4.81. The summed E-state index contributed by atoms with van der Waals surface area (Å²) in [5.41, 5.74) is 1.42. The molecule has 1 fully saturated rings. The molecule has 1 aliphatic carbocycles. The summed E-state index contributed by atoms with van der Waals surface area (Å²) < 4.78 is 0. The van der Waals surface area contributed by atoms with E-state index in [0.29, 0.717) is 23.2 Å². The maximum absolute atomic E-state index is 11.9. The molecule has 0 bridgehead atoms. The fourth-order valence-electron chi connectivity index (χ4n) is 1.97. The predicted molar refractivity (Wildman–Crippen MR) is 88.5 cm³/mol. The molecule has 1 aliphatic rings. The van der Waals surface area contributed by atoms with Crippen molar-refractivity contribution in [2.75, 3.05) is 37.4 Å². The Balaban J connectivity index is 1.83. The maximum atomic E-state index is 11.9. The fourth-order valence-corrected chi connectivity index (χ4v) is 2.14.